The van der Waals surface area contributed by atoms with Crippen LogP contribution in [0.25, 0.3) is 5.69 Å². The van der Waals surface area contributed by atoms with E-state index in [1.807, 2.05) is 42.9 Å². The summed E-state index contributed by atoms with van der Waals surface area (Å²) in [6, 6.07) is 7.51. The van der Waals surface area contributed by atoms with E-state index < -0.39 is 0 Å². The van der Waals surface area contributed by atoms with Crippen LogP contribution in [0.2, 0.25) is 5.02 Å². The lowest BCUT2D eigenvalue weighted by atomic mass is 9.96. The number of carbonyl (C=O) groups excluding carboxylic acids is 2. The average molecular weight is 451 g/mol. The highest BCUT2D eigenvalue weighted by atomic mass is 35.5. The Hall–Kier alpha value is -2.10. The Morgan fingerprint density at radius 3 is 2.43 bits per heavy atom. The molecule has 3 rings (SSSR count). The van der Waals surface area contributed by atoms with Crippen LogP contribution in [0.1, 0.15) is 31.6 Å². The molecule has 0 aliphatic carbocycles. The van der Waals surface area contributed by atoms with Crippen molar-refractivity contribution in [2.45, 2.75) is 31.0 Å². The molecule has 2 N–H and O–H groups in total. The summed E-state index contributed by atoms with van der Waals surface area (Å²) < 4.78 is 1.97. The van der Waals surface area contributed by atoms with Gasteiger partial charge in [-0.15, -0.1) is 10.2 Å². The predicted molar refractivity (Wildman–Crippen MR) is 118 cm³/mol. The van der Waals surface area contributed by atoms with Gasteiger partial charge in [-0.3, -0.25) is 19.1 Å². The van der Waals surface area contributed by atoms with Gasteiger partial charge in [0.15, 0.2) is 11.0 Å². The number of nitrogens with two attached hydrogens (primary N) is 1. The lowest BCUT2D eigenvalue weighted by Gasteiger charge is -2.30. The van der Waals surface area contributed by atoms with Gasteiger partial charge in [0.05, 0.1) is 11.8 Å². The normalized spacial score (nSPS) is 16.1. The maximum atomic E-state index is 12.7. The minimum atomic E-state index is -0.282. The third-order valence-electron chi connectivity index (χ3n) is 5.47. The molecule has 30 heavy (non-hydrogen) atoms. The van der Waals surface area contributed by atoms with Gasteiger partial charge in [-0.2, -0.15) is 0 Å². The number of hydrogen-bond acceptors (Lipinski definition) is 6. The molecule has 1 saturated heterocycles. The highest BCUT2D eigenvalue weighted by Crippen LogP contribution is 2.28. The van der Waals surface area contributed by atoms with Gasteiger partial charge in [-0.05, 0) is 58.1 Å². The number of hydrogen-bond donors (Lipinski definition) is 1. The maximum Gasteiger partial charge on any atom is 0.233 e. The number of nitrogens with zero attached hydrogens (tertiary/aromatic N) is 5. The van der Waals surface area contributed by atoms with E-state index in [1.54, 1.807) is 4.90 Å². The number of aromatic nitrogens is 3. The maximum absolute atomic E-state index is 12.7. The van der Waals surface area contributed by atoms with Gasteiger partial charge in [0.1, 0.15) is 0 Å². The molecule has 0 spiro atoms. The van der Waals surface area contributed by atoms with Gasteiger partial charge in [-0.25, -0.2) is 0 Å². The Morgan fingerprint density at radius 1 is 1.23 bits per heavy atom. The number of thioether (sulfide) groups is 1. The summed E-state index contributed by atoms with van der Waals surface area (Å²) >= 11 is 7.41. The highest BCUT2D eigenvalue weighted by molar-refractivity contribution is 7.99. The average Bonchev–Trinajstić information content (AvgIpc) is 3.15. The second-order valence-corrected chi connectivity index (χ2v) is 9.02. The van der Waals surface area contributed by atoms with Crippen LogP contribution >= 0.6 is 23.4 Å². The molecule has 2 amide bonds. The van der Waals surface area contributed by atoms with E-state index in [0.29, 0.717) is 36.1 Å². The summed E-state index contributed by atoms with van der Waals surface area (Å²) in [4.78, 5) is 27.9. The molecule has 0 radical (unpaired) electrons. The van der Waals surface area contributed by atoms with Crippen molar-refractivity contribution in [3.8, 4) is 5.69 Å². The van der Waals surface area contributed by atoms with E-state index >= 15 is 0 Å². The highest BCUT2D eigenvalue weighted by Gasteiger charge is 2.27. The SMILES string of the molecule is CC(c1nnc(SCC(=O)N2CCC(C(N)=O)CC2)n1-c1ccc(Cl)cc1)N(C)C. The Kier molecular flexibility index (Phi) is 7.38. The number of amides is 2. The van der Waals surface area contributed by atoms with E-state index in [2.05, 4.69) is 22.0 Å². The fraction of sp³-hybridized carbons (Fsp3) is 0.500. The number of carbonyl (C=O) groups is 2. The van der Waals surface area contributed by atoms with Crippen molar-refractivity contribution in [1.29, 1.82) is 0 Å². The van der Waals surface area contributed by atoms with Gasteiger partial charge in [0.2, 0.25) is 11.8 Å². The molecule has 1 aliphatic rings. The van der Waals surface area contributed by atoms with Gasteiger partial charge in [-0.1, -0.05) is 23.4 Å². The van der Waals surface area contributed by atoms with Crippen molar-refractivity contribution < 1.29 is 9.59 Å². The molecule has 1 aromatic heterocycles. The lowest BCUT2D eigenvalue weighted by Crippen LogP contribution is -2.42. The third-order valence-corrected chi connectivity index (χ3v) is 6.63. The van der Waals surface area contributed by atoms with E-state index in [9.17, 15) is 9.59 Å². The van der Waals surface area contributed by atoms with Crippen molar-refractivity contribution in [2.24, 2.45) is 11.7 Å². The number of primary amides is 1. The molecule has 8 nitrogen and oxygen atoms in total. The van der Waals surface area contributed by atoms with E-state index in [0.717, 1.165) is 11.5 Å². The standard InChI is InChI=1S/C20H27ClN6O2S/c1-13(25(2)3)19-23-24-20(27(19)16-6-4-15(21)5-7-16)30-12-17(28)26-10-8-14(9-11-26)18(22)29/h4-7,13-14H,8-12H2,1-3H3,(H2,22,29). The first kappa shape index (κ1) is 22.6. The second kappa shape index (κ2) is 9.80. The van der Waals surface area contributed by atoms with Crippen LogP contribution in [0, 0.1) is 5.92 Å². The zero-order valence-electron chi connectivity index (χ0n) is 17.4. The summed E-state index contributed by atoms with van der Waals surface area (Å²) in [6.07, 6.45) is 1.24. The molecule has 0 bridgehead atoms. The van der Waals surface area contributed by atoms with E-state index in [-0.39, 0.29) is 29.5 Å². The number of rotatable bonds is 7. The van der Waals surface area contributed by atoms with Crippen molar-refractivity contribution >= 4 is 35.2 Å². The molecule has 0 saturated carbocycles. The molecule has 1 aromatic carbocycles. The minimum Gasteiger partial charge on any atom is -0.369 e. The Bertz CT molecular complexity index is 893. The Morgan fingerprint density at radius 2 is 1.87 bits per heavy atom. The summed E-state index contributed by atoms with van der Waals surface area (Å²) in [6.45, 7) is 3.17. The van der Waals surface area contributed by atoms with Crippen LogP contribution < -0.4 is 5.73 Å². The third kappa shape index (κ3) is 5.14. The quantitative estimate of drug-likeness (QED) is 0.650. The topological polar surface area (TPSA) is 97.4 Å². The first-order valence-electron chi connectivity index (χ1n) is 9.85. The zero-order valence-corrected chi connectivity index (χ0v) is 19.0. The van der Waals surface area contributed by atoms with Crippen LogP contribution in [-0.4, -0.2) is 69.3 Å². The van der Waals surface area contributed by atoms with Crippen molar-refractivity contribution in [3.63, 3.8) is 0 Å². The van der Waals surface area contributed by atoms with Crippen molar-refractivity contribution in [1.82, 2.24) is 24.6 Å². The number of likely N-dealkylation sites (tertiary alicyclic amines) is 1. The van der Waals surface area contributed by atoms with Crippen molar-refractivity contribution in [2.75, 3.05) is 32.9 Å². The smallest absolute Gasteiger partial charge is 0.233 e. The molecule has 1 fully saturated rings. The van der Waals surface area contributed by atoms with Crippen LogP contribution in [0.4, 0.5) is 0 Å². The molecule has 1 aliphatic heterocycles. The summed E-state index contributed by atoms with van der Waals surface area (Å²) in [5.41, 5.74) is 6.27. The monoisotopic (exact) mass is 450 g/mol. The second-order valence-electron chi connectivity index (χ2n) is 7.64. The number of benzene rings is 1. The van der Waals surface area contributed by atoms with Crippen LogP contribution in [-0.2, 0) is 9.59 Å². The zero-order chi connectivity index (χ0) is 21.8. The molecule has 1 atom stereocenters. The molecular formula is C20H27ClN6O2S. The number of piperidine rings is 1. The van der Waals surface area contributed by atoms with Crippen molar-refractivity contribution in [3.05, 3.63) is 35.1 Å². The van der Waals surface area contributed by atoms with E-state index in [1.165, 1.54) is 11.8 Å². The van der Waals surface area contributed by atoms with Crippen LogP contribution in [0.5, 0.6) is 0 Å². The first-order chi connectivity index (χ1) is 14.3. The van der Waals surface area contributed by atoms with Gasteiger partial charge >= 0.3 is 0 Å². The Labute approximate surface area is 185 Å². The van der Waals surface area contributed by atoms with Crippen LogP contribution in [0.3, 0.4) is 0 Å². The molecule has 162 valence electrons. The fourth-order valence-corrected chi connectivity index (χ4v) is 4.33. The molecule has 10 heteroatoms. The summed E-state index contributed by atoms with van der Waals surface area (Å²) in [5, 5.41) is 10.1. The summed E-state index contributed by atoms with van der Waals surface area (Å²) in [7, 11) is 3.97. The van der Waals surface area contributed by atoms with Gasteiger partial charge in [0, 0.05) is 29.7 Å². The molecular weight excluding hydrogens is 424 g/mol. The fourth-order valence-electron chi connectivity index (χ4n) is 3.34. The van der Waals surface area contributed by atoms with Crippen LogP contribution in [0.15, 0.2) is 29.4 Å². The van der Waals surface area contributed by atoms with E-state index in [4.69, 9.17) is 17.3 Å². The molecule has 2 heterocycles. The molecule has 2 aromatic rings. The number of halogens is 1. The first-order valence-corrected chi connectivity index (χ1v) is 11.2. The minimum absolute atomic E-state index is 0.0239. The van der Waals surface area contributed by atoms with Gasteiger partial charge in [0.25, 0.3) is 0 Å². The predicted octanol–water partition coefficient (Wildman–Crippen LogP) is 2.36. The lowest BCUT2D eigenvalue weighted by molar-refractivity contribution is -0.132. The largest absolute Gasteiger partial charge is 0.369 e. The molecule has 1 unspecified atom stereocenters. The Balaban J connectivity index is 1.75. The van der Waals surface area contributed by atoms with Gasteiger partial charge < -0.3 is 10.6 Å². The summed E-state index contributed by atoms with van der Waals surface area (Å²) in [5.74, 6) is 0.652.